The van der Waals surface area contributed by atoms with Gasteiger partial charge in [-0.15, -0.1) is 0 Å². The summed E-state index contributed by atoms with van der Waals surface area (Å²) in [5.74, 6) is 0.727. The van der Waals surface area contributed by atoms with E-state index in [-0.39, 0.29) is 0 Å². The first kappa shape index (κ1) is 8.21. The Bertz CT molecular complexity index is 136. The highest BCUT2D eigenvalue weighted by molar-refractivity contribution is 7.84. The monoisotopic (exact) mass is 162 g/mol. The first-order valence-corrected chi connectivity index (χ1v) is 5.42. The van der Waals surface area contributed by atoms with E-state index in [0.717, 1.165) is 18.6 Å². The lowest BCUT2D eigenvalue weighted by Crippen LogP contribution is -2.04. The maximum Gasteiger partial charge on any atom is 0.0956 e. The maximum atomic E-state index is 10.7. The minimum Gasteiger partial charge on any atom is -0.369 e. The Balaban J connectivity index is 2.07. The van der Waals surface area contributed by atoms with Crippen molar-refractivity contribution < 1.29 is 8.95 Å². The molecular formula is C7H14O2S. The number of hydrogen-bond acceptors (Lipinski definition) is 2. The van der Waals surface area contributed by atoms with Gasteiger partial charge < -0.3 is 4.74 Å². The maximum absolute atomic E-state index is 10.7. The second-order valence-electron chi connectivity index (χ2n) is 2.74. The zero-order valence-corrected chi connectivity index (χ0v) is 7.32. The van der Waals surface area contributed by atoms with Crippen LogP contribution in [0, 0.1) is 0 Å². The van der Waals surface area contributed by atoms with Crippen molar-refractivity contribution in [2.45, 2.75) is 32.0 Å². The van der Waals surface area contributed by atoms with Crippen molar-refractivity contribution in [1.82, 2.24) is 0 Å². The van der Waals surface area contributed by atoms with Crippen LogP contribution in [-0.4, -0.2) is 28.4 Å². The standard InChI is InChI=1S/C7H14O2S/c1-3-4-6-7(9-6)5-10(2)8/h6-7H,3-5H2,1-2H3/t6-,7-,10?/m1/s1. The third-order valence-electron chi connectivity index (χ3n) is 1.66. The minimum absolute atomic E-state index is 0.311. The van der Waals surface area contributed by atoms with E-state index in [2.05, 4.69) is 6.92 Å². The van der Waals surface area contributed by atoms with Gasteiger partial charge in [-0.3, -0.25) is 4.21 Å². The molecule has 3 atom stereocenters. The van der Waals surface area contributed by atoms with Gasteiger partial charge in [0.2, 0.25) is 0 Å². The van der Waals surface area contributed by atoms with E-state index in [0.29, 0.717) is 12.2 Å². The van der Waals surface area contributed by atoms with Crippen molar-refractivity contribution in [2.75, 3.05) is 12.0 Å². The summed E-state index contributed by atoms with van der Waals surface area (Å²) < 4.78 is 16.0. The molecule has 0 N–H and O–H groups in total. The van der Waals surface area contributed by atoms with Crippen molar-refractivity contribution in [1.29, 1.82) is 0 Å². The van der Waals surface area contributed by atoms with Crippen molar-refractivity contribution in [3.63, 3.8) is 0 Å². The van der Waals surface area contributed by atoms with Gasteiger partial charge in [0.25, 0.3) is 0 Å². The molecule has 0 amide bonds. The van der Waals surface area contributed by atoms with E-state index in [4.69, 9.17) is 4.74 Å². The molecule has 1 saturated heterocycles. The highest BCUT2D eigenvalue weighted by Gasteiger charge is 2.37. The molecule has 1 unspecified atom stereocenters. The second kappa shape index (κ2) is 3.49. The van der Waals surface area contributed by atoms with Crippen LogP contribution >= 0.6 is 0 Å². The highest BCUT2D eigenvalue weighted by atomic mass is 32.2. The lowest BCUT2D eigenvalue weighted by Gasteiger charge is -1.88. The van der Waals surface area contributed by atoms with E-state index in [1.54, 1.807) is 6.26 Å². The quantitative estimate of drug-likeness (QED) is 0.576. The summed E-state index contributed by atoms with van der Waals surface area (Å²) in [4.78, 5) is 0. The fraction of sp³-hybridized carbons (Fsp3) is 1.00. The van der Waals surface area contributed by atoms with Crippen LogP contribution in [0.3, 0.4) is 0 Å². The molecule has 2 nitrogen and oxygen atoms in total. The van der Waals surface area contributed by atoms with Gasteiger partial charge in [0.05, 0.1) is 18.0 Å². The summed E-state index contributed by atoms with van der Waals surface area (Å²) in [6, 6.07) is 0. The van der Waals surface area contributed by atoms with Gasteiger partial charge in [0.1, 0.15) is 0 Å². The molecule has 0 aromatic heterocycles. The van der Waals surface area contributed by atoms with Gasteiger partial charge in [-0.05, 0) is 6.42 Å². The highest BCUT2D eigenvalue weighted by Crippen LogP contribution is 2.26. The predicted octanol–water partition coefficient (Wildman–Crippen LogP) is 0.932. The first-order chi connectivity index (χ1) is 4.74. The van der Waals surface area contributed by atoms with Gasteiger partial charge in [0, 0.05) is 17.1 Å². The predicted molar refractivity (Wildman–Crippen MR) is 42.5 cm³/mol. The third kappa shape index (κ3) is 2.39. The molecular weight excluding hydrogens is 148 g/mol. The van der Waals surface area contributed by atoms with E-state index in [1.807, 2.05) is 0 Å². The van der Waals surface area contributed by atoms with Gasteiger partial charge >= 0.3 is 0 Å². The molecule has 0 radical (unpaired) electrons. The van der Waals surface area contributed by atoms with E-state index < -0.39 is 10.8 Å². The molecule has 0 aromatic rings. The Morgan fingerprint density at radius 1 is 1.50 bits per heavy atom. The summed E-state index contributed by atoms with van der Waals surface area (Å²) in [7, 11) is -0.682. The summed E-state index contributed by atoms with van der Waals surface area (Å²) in [5, 5.41) is 0. The number of hydrogen-bond donors (Lipinski definition) is 0. The van der Waals surface area contributed by atoms with Crippen LogP contribution in [0.1, 0.15) is 19.8 Å². The normalized spacial score (nSPS) is 33.8. The largest absolute Gasteiger partial charge is 0.369 e. The van der Waals surface area contributed by atoms with E-state index >= 15 is 0 Å². The summed E-state index contributed by atoms with van der Waals surface area (Å²) in [5.41, 5.74) is 0. The topological polar surface area (TPSA) is 29.6 Å². The Morgan fingerprint density at radius 2 is 2.20 bits per heavy atom. The third-order valence-corrected chi connectivity index (χ3v) is 2.46. The zero-order chi connectivity index (χ0) is 7.56. The molecule has 60 valence electrons. The number of epoxide rings is 1. The Hall–Kier alpha value is 0.110. The zero-order valence-electron chi connectivity index (χ0n) is 6.50. The van der Waals surface area contributed by atoms with Crippen molar-refractivity contribution >= 4 is 10.8 Å². The molecule has 0 bridgehead atoms. The fourth-order valence-electron chi connectivity index (χ4n) is 1.10. The number of rotatable bonds is 4. The summed E-state index contributed by atoms with van der Waals surface area (Å²) in [6.45, 7) is 2.14. The minimum atomic E-state index is -0.682. The molecule has 1 heterocycles. The van der Waals surface area contributed by atoms with Gasteiger partial charge in [0.15, 0.2) is 0 Å². The smallest absolute Gasteiger partial charge is 0.0956 e. The van der Waals surface area contributed by atoms with E-state index in [1.165, 1.54) is 0 Å². The van der Waals surface area contributed by atoms with Gasteiger partial charge in [-0.2, -0.15) is 0 Å². The summed E-state index contributed by atoms with van der Waals surface area (Å²) in [6.07, 6.45) is 4.75. The molecule has 1 aliphatic heterocycles. The lowest BCUT2D eigenvalue weighted by molar-refractivity contribution is 0.370. The average molecular weight is 162 g/mol. The molecule has 3 heteroatoms. The van der Waals surface area contributed by atoms with Crippen LogP contribution in [0.5, 0.6) is 0 Å². The molecule has 0 aliphatic carbocycles. The molecule has 0 aromatic carbocycles. The van der Waals surface area contributed by atoms with Crippen LogP contribution in [-0.2, 0) is 15.5 Å². The van der Waals surface area contributed by atoms with Crippen molar-refractivity contribution in [3.05, 3.63) is 0 Å². The summed E-state index contributed by atoms with van der Waals surface area (Å²) >= 11 is 0. The fourth-order valence-corrected chi connectivity index (χ4v) is 1.85. The van der Waals surface area contributed by atoms with Crippen LogP contribution in [0.2, 0.25) is 0 Å². The first-order valence-electron chi connectivity index (χ1n) is 3.69. The number of ether oxygens (including phenoxy) is 1. The molecule has 0 spiro atoms. The SMILES string of the molecule is CCC[C@H]1O[C@@H]1CS(C)=O. The molecule has 1 rings (SSSR count). The molecule has 1 fully saturated rings. The Kier molecular flexibility index (Phi) is 2.86. The van der Waals surface area contributed by atoms with Crippen molar-refractivity contribution in [2.24, 2.45) is 0 Å². The van der Waals surface area contributed by atoms with Crippen LogP contribution in [0.25, 0.3) is 0 Å². The Labute approximate surface area is 64.4 Å². The van der Waals surface area contributed by atoms with E-state index in [9.17, 15) is 4.21 Å². The van der Waals surface area contributed by atoms with Crippen LogP contribution in [0.4, 0.5) is 0 Å². The molecule has 0 saturated carbocycles. The van der Waals surface area contributed by atoms with Gasteiger partial charge in [-0.1, -0.05) is 13.3 Å². The van der Waals surface area contributed by atoms with Crippen LogP contribution in [0.15, 0.2) is 0 Å². The molecule has 1 aliphatic rings. The molecule has 10 heavy (non-hydrogen) atoms. The van der Waals surface area contributed by atoms with Crippen LogP contribution < -0.4 is 0 Å². The Morgan fingerprint density at radius 3 is 2.70 bits per heavy atom. The van der Waals surface area contributed by atoms with Crippen molar-refractivity contribution in [3.8, 4) is 0 Å². The second-order valence-corrected chi connectivity index (χ2v) is 4.22. The average Bonchev–Trinajstić information content (AvgIpc) is 2.47. The lowest BCUT2D eigenvalue weighted by atomic mass is 10.2. The van der Waals surface area contributed by atoms with Gasteiger partial charge in [-0.25, -0.2) is 0 Å².